The van der Waals surface area contributed by atoms with Crippen LogP contribution >= 0.6 is 0 Å². The van der Waals surface area contributed by atoms with Gasteiger partial charge in [-0.1, -0.05) is 19.9 Å². The van der Waals surface area contributed by atoms with Crippen LogP contribution in [0, 0.1) is 25.2 Å². The molecule has 1 aromatic rings. The topological polar surface area (TPSA) is 29.3 Å². The Balaban J connectivity index is 2.18. The van der Waals surface area contributed by atoms with Crippen LogP contribution in [0.2, 0.25) is 0 Å². The Kier molecular flexibility index (Phi) is 4.19. The highest BCUT2D eigenvalue weighted by Gasteiger charge is 2.34. The van der Waals surface area contributed by atoms with Crippen molar-refractivity contribution in [1.29, 1.82) is 0 Å². The van der Waals surface area contributed by atoms with E-state index < -0.39 is 0 Å². The minimum atomic E-state index is 0.425. The number of benzene rings is 1. The van der Waals surface area contributed by atoms with Crippen molar-refractivity contribution in [3.63, 3.8) is 0 Å². The maximum atomic E-state index is 5.79. The molecule has 19 heavy (non-hydrogen) atoms. The van der Waals surface area contributed by atoms with E-state index in [4.69, 9.17) is 5.73 Å². The Hall–Kier alpha value is -1.02. The zero-order valence-corrected chi connectivity index (χ0v) is 12.9. The number of nitrogens with zero attached hydrogens (tertiary/aromatic N) is 1. The lowest BCUT2D eigenvalue weighted by atomic mass is 9.72. The van der Waals surface area contributed by atoms with Gasteiger partial charge < -0.3 is 10.6 Å². The molecule has 0 saturated carbocycles. The average Bonchev–Trinajstić information content (AvgIpc) is 2.30. The highest BCUT2D eigenvalue weighted by atomic mass is 15.1. The van der Waals surface area contributed by atoms with Crippen molar-refractivity contribution in [2.24, 2.45) is 17.1 Å². The number of rotatable bonds is 3. The summed E-state index contributed by atoms with van der Waals surface area (Å²) in [6.07, 6.45) is 2.39. The van der Waals surface area contributed by atoms with Crippen LogP contribution in [-0.4, -0.2) is 19.6 Å². The summed E-state index contributed by atoms with van der Waals surface area (Å²) in [5, 5.41) is 0. The van der Waals surface area contributed by atoms with Gasteiger partial charge in [0.25, 0.3) is 0 Å². The molecular weight excluding hydrogens is 232 g/mol. The van der Waals surface area contributed by atoms with E-state index in [1.165, 1.54) is 23.2 Å². The third kappa shape index (κ3) is 3.30. The molecule has 1 atom stereocenters. The summed E-state index contributed by atoms with van der Waals surface area (Å²) >= 11 is 0. The standard InChI is InChI=1S/C17H28N2/c1-13-9-14(2)11-16(10-13)19-8-6-17(3,4)15(12-19)5-7-18/h9-11,15H,5-8,12,18H2,1-4H3. The minimum Gasteiger partial charge on any atom is -0.371 e. The number of piperidine rings is 1. The summed E-state index contributed by atoms with van der Waals surface area (Å²) in [4.78, 5) is 2.55. The molecule has 1 aliphatic rings. The molecule has 2 N–H and O–H groups in total. The number of nitrogens with two attached hydrogens (primary N) is 1. The van der Waals surface area contributed by atoms with E-state index in [9.17, 15) is 0 Å². The zero-order valence-electron chi connectivity index (χ0n) is 12.9. The van der Waals surface area contributed by atoms with Gasteiger partial charge in [0.2, 0.25) is 0 Å². The molecule has 2 heteroatoms. The molecule has 1 aliphatic heterocycles. The second-order valence-electron chi connectivity index (χ2n) is 6.80. The van der Waals surface area contributed by atoms with Gasteiger partial charge in [-0.05, 0) is 67.8 Å². The predicted octanol–water partition coefficient (Wildman–Crippen LogP) is 3.50. The SMILES string of the molecule is Cc1cc(C)cc(N2CCC(C)(C)C(CCN)C2)c1. The average molecular weight is 260 g/mol. The molecule has 0 aromatic heterocycles. The van der Waals surface area contributed by atoms with Crippen LogP contribution in [0.3, 0.4) is 0 Å². The van der Waals surface area contributed by atoms with Gasteiger partial charge in [0, 0.05) is 18.8 Å². The van der Waals surface area contributed by atoms with Gasteiger partial charge >= 0.3 is 0 Å². The van der Waals surface area contributed by atoms with Gasteiger partial charge in [0.15, 0.2) is 0 Å². The second kappa shape index (κ2) is 5.54. The van der Waals surface area contributed by atoms with Gasteiger partial charge in [-0.25, -0.2) is 0 Å². The van der Waals surface area contributed by atoms with Crippen LogP contribution in [0.1, 0.15) is 37.8 Å². The quantitative estimate of drug-likeness (QED) is 0.901. The molecule has 1 aromatic carbocycles. The van der Waals surface area contributed by atoms with E-state index in [1.54, 1.807) is 0 Å². The largest absolute Gasteiger partial charge is 0.371 e. The van der Waals surface area contributed by atoms with Crippen LogP contribution in [0.5, 0.6) is 0 Å². The molecule has 0 aliphatic carbocycles. The molecule has 0 spiro atoms. The van der Waals surface area contributed by atoms with Crippen molar-refractivity contribution in [1.82, 2.24) is 0 Å². The molecule has 0 bridgehead atoms. The van der Waals surface area contributed by atoms with Gasteiger partial charge in [-0.3, -0.25) is 0 Å². The van der Waals surface area contributed by atoms with Crippen LogP contribution in [-0.2, 0) is 0 Å². The highest BCUT2D eigenvalue weighted by molar-refractivity contribution is 5.51. The van der Waals surface area contributed by atoms with Gasteiger partial charge in [0.05, 0.1) is 0 Å². The molecule has 1 unspecified atom stereocenters. The number of hydrogen-bond donors (Lipinski definition) is 1. The molecule has 1 fully saturated rings. The summed E-state index contributed by atoms with van der Waals surface area (Å²) in [6.45, 7) is 12.3. The molecule has 106 valence electrons. The van der Waals surface area contributed by atoms with Crippen LogP contribution < -0.4 is 10.6 Å². The van der Waals surface area contributed by atoms with Gasteiger partial charge in [-0.15, -0.1) is 0 Å². The first-order valence-electron chi connectivity index (χ1n) is 7.46. The fourth-order valence-electron chi connectivity index (χ4n) is 3.28. The minimum absolute atomic E-state index is 0.425. The Morgan fingerprint density at radius 3 is 2.42 bits per heavy atom. The lowest BCUT2D eigenvalue weighted by Crippen LogP contribution is -2.45. The van der Waals surface area contributed by atoms with E-state index >= 15 is 0 Å². The number of aryl methyl sites for hydroxylation is 2. The highest BCUT2D eigenvalue weighted by Crippen LogP contribution is 2.39. The van der Waals surface area contributed by atoms with E-state index in [1.807, 2.05) is 0 Å². The molecule has 0 radical (unpaired) electrons. The molecule has 1 saturated heterocycles. The maximum absolute atomic E-state index is 5.79. The fourth-order valence-corrected chi connectivity index (χ4v) is 3.28. The Bertz CT molecular complexity index is 417. The normalized spacial score (nSPS) is 22.6. The van der Waals surface area contributed by atoms with E-state index in [0.717, 1.165) is 26.1 Å². The third-order valence-electron chi connectivity index (χ3n) is 4.66. The van der Waals surface area contributed by atoms with Crippen LogP contribution in [0.4, 0.5) is 5.69 Å². The molecule has 2 rings (SSSR count). The van der Waals surface area contributed by atoms with Gasteiger partial charge in [0.1, 0.15) is 0 Å². The smallest absolute Gasteiger partial charge is 0.0371 e. The summed E-state index contributed by atoms with van der Waals surface area (Å²) in [5.41, 5.74) is 10.3. The monoisotopic (exact) mass is 260 g/mol. The second-order valence-corrected chi connectivity index (χ2v) is 6.80. The van der Waals surface area contributed by atoms with Crippen molar-refractivity contribution in [2.45, 2.75) is 40.5 Å². The fraction of sp³-hybridized carbons (Fsp3) is 0.647. The predicted molar refractivity (Wildman–Crippen MR) is 83.7 cm³/mol. The number of hydrogen-bond acceptors (Lipinski definition) is 2. The van der Waals surface area contributed by atoms with E-state index in [-0.39, 0.29) is 0 Å². The van der Waals surface area contributed by atoms with Crippen molar-refractivity contribution >= 4 is 5.69 Å². The zero-order chi connectivity index (χ0) is 14.0. The molecule has 1 heterocycles. The first kappa shape index (κ1) is 14.4. The lowest BCUT2D eigenvalue weighted by Gasteiger charge is -2.45. The van der Waals surface area contributed by atoms with Gasteiger partial charge in [-0.2, -0.15) is 0 Å². The Morgan fingerprint density at radius 2 is 1.84 bits per heavy atom. The summed E-state index contributed by atoms with van der Waals surface area (Å²) in [7, 11) is 0. The Labute approximate surface area is 118 Å². The first-order valence-corrected chi connectivity index (χ1v) is 7.46. The summed E-state index contributed by atoms with van der Waals surface area (Å²) in [5.74, 6) is 0.701. The van der Waals surface area contributed by atoms with Crippen molar-refractivity contribution < 1.29 is 0 Å². The van der Waals surface area contributed by atoms with Crippen LogP contribution in [0.25, 0.3) is 0 Å². The molecule has 2 nitrogen and oxygen atoms in total. The molecular formula is C17H28N2. The van der Waals surface area contributed by atoms with Crippen molar-refractivity contribution in [3.8, 4) is 0 Å². The van der Waals surface area contributed by atoms with Crippen molar-refractivity contribution in [2.75, 3.05) is 24.5 Å². The van der Waals surface area contributed by atoms with E-state index in [2.05, 4.69) is 50.8 Å². The lowest BCUT2D eigenvalue weighted by molar-refractivity contribution is 0.163. The third-order valence-corrected chi connectivity index (χ3v) is 4.66. The van der Waals surface area contributed by atoms with Crippen molar-refractivity contribution in [3.05, 3.63) is 29.3 Å². The first-order chi connectivity index (χ1) is 8.92. The summed E-state index contributed by atoms with van der Waals surface area (Å²) in [6, 6.07) is 6.87. The maximum Gasteiger partial charge on any atom is 0.0371 e. The summed E-state index contributed by atoms with van der Waals surface area (Å²) < 4.78 is 0. The molecule has 0 amide bonds. The van der Waals surface area contributed by atoms with E-state index in [0.29, 0.717) is 11.3 Å². The Morgan fingerprint density at radius 1 is 1.21 bits per heavy atom. The van der Waals surface area contributed by atoms with Crippen LogP contribution in [0.15, 0.2) is 18.2 Å². The number of anilines is 1.